The number of hydrogen-bond donors (Lipinski definition) is 1. The summed E-state index contributed by atoms with van der Waals surface area (Å²) < 4.78 is 5.71. The number of ether oxygens (including phenoxy) is 1. The minimum absolute atomic E-state index is 0.0346. The maximum Gasteiger partial charge on any atom is 0.263 e. The van der Waals surface area contributed by atoms with Crippen LogP contribution in [0.2, 0.25) is 0 Å². The maximum absolute atomic E-state index is 12.5. The van der Waals surface area contributed by atoms with E-state index in [1.807, 2.05) is 64.1 Å². The molecule has 0 aliphatic heterocycles. The summed E-state index contributed by atoms with van der Waals surface area (Å²) in [5, 5.41) is 2.91. The van der Waals surface area contributed by atoms with E-state index in [0.717, 1.165) is 27.9 Å². The number of likely N-dealkylation sites (N-methyl/N-ethyl adjacent to an activating group) is 1. The Kier molecular flexibility index (Phi) is 6.61. The number of rotatable bonds is 6. The van der Waals surface area contributed by atoms with Crippen molar-refractivity contribution >= 4 is 17.5 Å². The van der Waals surface area contributed by atoms with E-state index in [-0.39, 0.29) is 18.4 Å². The minimum Gasteiger partial charge on any atom is -0.481 e. The van der Waals surface area contributed by atoms with E-state index in [0.29, 0.717) is 5.75 Å². The van der Waals surface area contributed by atoms with Crippen LogP contribution >= 0.6 is 0 Å². The number of benzene rings is 2. The molecule has 1 atom stereocenters. The summed E-state index contributed by atoms with van der Waals surface area (Å²) in [4.78, 5) is 26.3. The van der Waals surface area contributed by atoms with E-state index in [4.69, 9.17) is 4.74 Å². The molecule has 0 aliphatic carbocycles. The van der Waals surface area contributed by atoms with Gasteiger partial charge in [0.2, 0.25) is 5.91 Å². The topological polar surface area (TPSA) is 58.6 Å². The van der Waals surface area contributed by atoms with Gasteiger partial charge >= 0.3 is 0 Å². The number of carbonyl (C=O) groups excluding carboxylic acids is 2. The van der Waals surface area contributed by atoms with Crippen LogP contribution in [0.4, 0.5) is 5.69 Å². The van der Waals surface area contributed by atoms with Gasteiger partial charge in [0.25, 0.3) is 5.91 Å². The van der Waals surface area contributed by atoms with Crippen molar-refractivity contribution in [1.82, 2.24) is 4.90 Å². The first-order chi connectivity index (χ1) is 12.7. The first kappa shape index (κ1) is 20.5. The second kappa shape index (κ2) is 8.71. The third-order valence-corrected chi connectivity index (χ3v) is 4.35. The Bertz CT molecular complexity index is 822. The molecule has 5 nitrogen and oxygen atoms in total. The summed E-state index contributed by atoms with van der Waals surface area (Å²) in [5.41, 5.74) is 5.02. The lowest BCUT2D eigenvalue weighted by molar-refractivity contribution is -0.139. The fourth-order valence-corrected chi connectivity index (χ4v) is 3.10. The minimum atomic E-state index is -0.674. The highest BCUT2D eigenvalue weighted by Gasteiger charge is 2.21. The molecule has 0 heterocycles. The summed E-state index contributed by atoms with van der Waals surface area (Å²) in [6, 6.07) is 11.6. The third kappa shape index (κ3) is 5.58. The van der Waals surface area contributed by atoms with Crippen molar-refractivity contribution in [3.8, 4) is 5.75 Å². The number of aryl methyl sites for hydroxylation is 4. The summed E-state index contributed by atoms with van der Waals surface area (Å²) in [6.07, 6.45) is -0.674. The van der Waals surface area contributed by atoms with Gasteiger partial charge in [0.05, 0.1) is 6.54 Å². The molecule has 0 saturated heterocycles. The molecule has 27 heavy (non-hydrogen) atoms. The molecule has 0 radical (unpaired) electrons. The SMILES string of the molecule is Cc1cccc(O[C@@H](C)C(=O)N(C)CC(=O)Nc2c(C)cc(C)cc2C)c1. The van der Waals surface area contributed by atoms with Crippen molar-refractivity contribution in [2.45, 2.75) is 40.7 Å². The molecule has 5 heteroatoms. The Morgan fingerprint density at radius 2 is 1.67 bits per heavy atom. The molecule has 0 aliphatic rings. The Hall–Kier alpha value is -2.82. The highest BCUT2D eigenvalue weighted by molar-refractivity contribution is 5.96. The van der Waals surface area contributed by atoms with Gasteiger partial charge in [-0.05, 0) is 63.4 Å². The number of hydrogen-bond acceptors (Lipinski definition) is 3. The zero-order chi connectivity index (χ0) is 20.1. The number of amides is 2. The maximum atomic E-state index is 12.5. The molecule has 144 valence electrons. The average Bonchev–Trinajstić information content (AvgIpc) is 2.57. The van der Waals surface area contributed by atoms with Crippen LogP contribution in [0.3, 0.4) is 0 Å². The van der Waals surface area contributed by atoms with Gasteiger partial charge in [-0.3, -0.25) is 9.59 Å². The number of nitrogens with one attached hydrogen (secondary N) is 1. The highest BCUT2D eigenvalue weighted by Crippen LogP contribution is 2.22. The molecule has 0 fully saturated rings. The van der Waals surface area contributed by atoms with Gasteiger partial charge < -0.3 is 15.0 Å². The lowest BCUT2D eigenvalue weighted by Crippen LogP contribution is -2.42. The molecule has 2 aromatic rings. The Labute approximate surface area is 161 Å². The Balaban J connectivity index is 1.96. The van der Waals surface area contributed by atoms with Crippen molar-refractivity contribution in [2.24, 2.45) is 0 Å². The van der Waals surface area contributed by atoms with Gasteiger partial charge in [0.15, 0.2) is 6.10 Å². The highest BCUT2D eigenvalue weighted by atomic mass is 16.5. The van der Waals surface area contributed by atoms with Crippen LogP contribution in [0, 0.1) is 27.7 Å². The second-order valence-corrected chi connectivity index (χ2v) is 7.09. The van der Waals surface area contributed by atoms with Gasteiger partial charge in [-0.25, -0.2) is 0 Å². The number of nitrogens with zero attached hydrogens (tertiary/aromatic N) is 1. The molecular formula is C22H28N2O3. The molecule has 0 aromatic heterocycles. The molecule has 2 rings (SSSR count). The van der Waals surface area contributed by atoms with Crippen LogP contribution < -0.4 is 10.1 Å². The summed E-state index contributed by atoms with van der Waals surface area (Å²) >= 11 is 0. The standard InChI is InChI=1S/C22H28N2O3/c1-14-8-7-9-19(12-14)27-18(5)22(26)24(6)13-20(25)23-21-16(3)10-15(2)11-17(21)4/h7-12,18H,13H2,1-6H3,(H,23,25)/t18-/m0/s1. The van der Waals surface area contributed by atoms with Crippen molar-refractivity contribution < 1.29 is 14.3 Å². The zero-order valence-corrected chi connectivity index (χ0v) is 16.9. The predicted octanol–water partition coefficient (Wildman–Crippen LogP) is 3.78. The van der Waals surface area contributed by atoms with E-state index in [1.54, 1.807) is 14.0 Å². The Morgan fingerprint density at radius 3 is 2.26 bits per heavy atom. The smallest absolute Gasteiger partial charge is 0.263 e. The fraction of sp³-hybridized carbons (Fsp3) is 0.364. The second-order valence-electron chi connectivity index (χ2n) is 7.09. The predicted molar refractivity (Wildman–Crippen MR) is 108 cm³/mol. The van der Waals surface area contributed by atoms with Gasteiger partial charge in [0.1, 0.15) is 5.75 Å². The summed E-state index contributed by atoms with van der Waals surface area (Å²) in [7, 11) is 1.60. The molecule has 1 N–H and O–H groups in total. The summed E-state index contributed by atoms with van der Waals surface area (Å²) in [5.74, 6) is 0.160. The average molecular weight is 368 g/mol. The first-order valence-electron chi connectivity index (χ1n) is 9.03. The molecule has 0 bridgehead atoms. The molecule has 2 aromatic carbocycles. The molecule has 2 amide bonds. The van der Waals surface area contributed by atoms with Crippen LogP contribution in [0.1, 0.15) is 29.2 Å². The van der Waals surface area contributed by atoms with E-state index < -0.39 is 6.10 Å². The monoisotopic (exact) mass is 368 g/mol. The zero-order valence-electron chi connectivity index (χ0n) is 16.9. The van der Waals surface area contributed by atoms with Crippen LogP contribution in [0.15, 0.2) is 36.4 Å². The number of carbonyl (C=O) groups is 2. The van der Waals surface area contributed by atoms with Crippen LogP contribution in [-0.4, -0.2) is 36.4 Å². The molecule has 0 spiro atoms. The van der Waals surface area contributed by atoms with E-state index in [2.05, 4.69) is 5.32 Å². The van der Waals surface area contributed by atoms with Gasteiger partial charge in [-0.2, -0.15) is 0 Å². The molecule has 0 unspecified atom stereocenters. The lowest BCUT2D eigenvalue weighted by atomic mass is 10.1. The Morgan fingerprint density at radius 1 is 1.04 bits per heavy atom. The summed E-state index contributed by atoms with van der Waals surface area (Å²) in [6.45, 7) is 9.56. The molecule has 0 saturated carbocycles. The lowest BCUT2D eigenvalue weighted by Gasteiger charge is -2.22. The van der Waals surface area contributed by atoms with Crippen LogP contribution in [0.25, 0.3) is 0 Å². The van der Waals surface area contributed by atoms with Gasteiger partial charge in [0, 0.05) is 12.7 Å². The third-order valence-electron chi connectivity index (χ3n) is 4.35. The van der Waals surface area contributed by atoms with Crippen LogP contribution in [-0.2, 0) is 9.59 Å². The fourth-order valence-electron chi connectivity index (χ4n) is 3.10. The van der Waals surface area contributed by atoms with Crippen LogP contribution in [0.5, 0.6) is 5.75 Å². The quantitative estimate of drug-likeness (QED) is 0.844. The first-order valence-corrected chi connectivity index (χ1v) is 9.03. The van der Waals surface area contributed by atoms with Crippen molar-refractivity contribution in [3.05, 3.63) is 58.7 Å². The van der Waals surface area contributed by atoms with E-state index in [9.17, 15) is 9.59 Å². The van der Waals surface area contributed by atoms with E-state index >= 15 is 0 Å². The molecular weight excluding hydrogens is 340 g/mol. The van der Waals surface area contributed by atoms with Crippen molar-refractivity contribution in [3.63, 3.8) is 0 Å². The van der Waals surface area contributed by atoms with Gasteiger partial charge in [-0.1, -0.05) is 29.8 Å². The van der Waals surface area contributed by atoms with Crippen molar-refractivity contribution in [2.75, 3.05) is 18.9 Å². The normalized spacial score (nSPS) is 11.6. The largest absolute Gasteiger partial charge is 0.481 e. The number of anilines is 1. The van der Waals surface area contributed by atoms with E-state index in [1.165, 1.54) is 4.90 Å². The van der Waals surface area contributed by atoms with Gasteiger partial charge in [-0.15, -0.1) is 0 Å². The van der Waals surface area contributed by atoms with Crippen molar-refractivity contribution in [1.29, 1.82) is 0 Å².